The maximum atomic E-state index is 12.6. The zero-order chi connectivity index (χ0) is 20.1. The summed E-state index contributed by atoms with van der Waals surface area (Å²) in [5, 5.41) is 1.21. The molecule has 2 aromatic carbocycles. The fraction of sp³-hybridized carbons (Fsp3) is 0.190. The van der Waals surface area contributed by atoms with Gasteiger partial charge in [-0.15, -0.1) is 0 Å². The Kier molecular flexibility index (Phi) is 5.74. The average molecular weight is 380 g/mol. The molecule has 1 saturated heterocycles. The number of hydrazine groups is 1. The third kappa shape index (κ3) is 4.20. The fourth-order valence-corrected chi connectivity index (χ4v) is 2.64. The van der Waals surface area contributed by atoms with Gasteiger partial charge in [0.2, 0.25) is 0 Å². The average Bonchev–Trinajstić information content (AvgIpc) is 2.98. The van der Waals surface area contributed by atoms with Gasteiger partial charge in [0.15, 0.2) is 6.10 Å². The molecule has 28 heavy (non-hydrogen) atoms. The minimum Gasteiger partial charge on any atom is -0.479 e. The molecule has 2 aromatic rings. The van der Waals surface area contributed by atoms with Gasteiger partial charge in [0.25, 0.3) is 11.8 Å². The molecule has 144 valence electrons. The van der Waals surface area contributed by atoms with E-state index in [1.165, 1.54) is 11.1 Å². The van der Waals surface area contributed by atoms with Gasteiger partial charge in [-0.3, -0.25) is 15.0 Å². The maximum absolute atomic E-state index is 12.6. The van der Waals surface area contributed by atoms with Gasteiger partial charge in [-0.25, -0.2) is 9.80 Å². The highest BCUT2D eigenvalue weighted by Crippen LogP contribution is 2.22. The molecule has 0 bridgehead atoms. The highest BCUT2D eigenvalue weighted by molar-refractivity contribution is 6.31. The van der Waals surface area contributed by atoms with E-state index in [-0.39, 0.29) is 12.2 Å². The molecule has 3 rings (SSSR count). The van der Waals surface area contributed by atoms with E-state index in [4.69, 9.17) is 9.47 Å². The first kappa shape index (κ1) is 19.2. The van der Waals surface area contributed by atoms with Crippen molar-refractivity contribution in [1.82, 2.24) is 5.43 Å². The third-order valence-corrected chi connectivity index (χ3v) is 4.03. The Morgan fingerprint density at radius 2 is 1.79 bits per heavy atom. The summed E-state index contributed by atoms with van der Waals surface area (Å²) in [6.07, 6.45) is 0.782. The van der Waals surface area contributed by atoms with E-state index >= 15 is 0 Å². The lowest BCUT2D eigenvalue weighted by Crippen LogP contribution is -2.35. The number of para-hydroxylation sites is 1. The summed E-state index contributed by atoms with van der Waals surface area (Å²) in [6.45, 7) is 3.62. The van der Waals surface area contributed by atoms with Gasteiger partial charge in [-0.1, -0.05) is 30.3 Å². The number of rotatable bonds is 6. The highest BCUT2D eigenvalue weighted by Gasteiger charge is 2.34. The molecular formula is C21H20N2O5. The summed E-state index contributed by atoms with van der Waals surface area (Å²) in [4.78, 5) is 36.4. The van der Waals surface area contributed by atoms with E-state index in [1.807, 2.05) is 6.07 Å². The summed E-state index contributed by atoms with van der Waals surface area (Å²) in [6, 6.07) is 15.6. The van der Waals surface area contributed by atoms with Crippen molar-refractivity contribution in [2.45, 2.75) is 20.0 Å². The smallest absolute Gasteiger partial charge is 0.347 e. The van der Waals surface area contributed by atoms with Crippen LogP contribution in [-0.2, 0) is 19.1 Å². The summed E-state index contributed by atoms with van der Waals surface area (Å²) < 4.78 is 10.4. The lowest BCUT2D eigenvalue weighted by molar-refractivity contribution is -0.150. The van der Waals surface area contributed by atoms with Crippen molar-refractivity contribution in [1.29, 1.82) is 0 Å². The van der Waals surface area contributed by atoms with Gasteiger partial charge in [-0.2, -0.15) is 0 Å². The summed E-state index contributed by atoms with van der Waals surface area (Å²) >= 11 is 0. The van der Waals surface area contributed by atoms with Crippen LogP contribution in [0.1, 0.15) is 19.4 Å². The van der Waals surface area contributed by atoms with E-state index in [0.717, 1.165) is 0 Å². The number of amides is 2. The van der Waals surface area contributed by atoms with E-state index in [2.05, 4.69) is 5.43 Å². The Labute approximate surface area is 162 Å². The molecule has 0 aliphatic carbocycles. The monoisotopic (exact) mass is 380 g/mol. The van der Waals surface area contributed by atoms with Crippen LogP contribution in [0.25, 0.3) is 6.08 Å². The molecule has 1 atom stereocenters. The van der Waals surface area contributed by atoms with Crippen LogP contribution in [0, 0.1) is 0 Å². The molecule has 1 fully saturated rings. The zero-order valence-electron chi connectivity index (χ0n) is 15.5. The number of esters is 1. The molecule has 1 aliphatic heterocycles. The topological polar surface area (TPSA) is 84.9 Å². The SMILES string of the molecule is CCOC(=O)C(C)Oc1ccc(C=C2C(=O)NN(c3ccccc3)C2=O)cc1. The number of hydrogen-bond donors (Lipinski definition) is 1. The Morgan fingerprint density at radius 1 is 1.11 bits per heavy atom. The molecule has 2 amide bonds. The molecular weight excluding hydrogens is 360 g/mol. The molecule has 1 unspecified atom stereocenters. The molecule has 1 aliphatic rings. The van der Waals surface area contributed by atoms with E-state index in [0.29, 0.717) is 17.0 Å². The van der Waals surface area contributed by atoms with Crippen molar-refractivity contribution < 1.29 is 23.9 Å². The van der Waals surface area contributed by atoms with E-state index in [1.54, 1.807) is 62.4 Å². The predicted octanol–water partition coefficient (Wildman–Crippen LogP) is 2.48. The molecule has 0 radical (unpaired) electrons. The Hall–Kier alpha value is -3.61. The molecule has 7 heteroatoms. The van der Waals surface area contributed by atoms with Crippen LogP contribution in [0.4, 0.5) is 5.69 Å². The van der Waals surface area contributed by atoms with Crippen molar-refractivity contribution in [3.05, 3.63) is 65.7 Å². The number of anilines is 1. The van der Waals surface area contributed by atoms with Crippen LogP contribution in [-0.4, -0.2) is 30.5 Å². The lowest BCUT2D eigenvalue weighted by Gasteiger charge is -2.14. The Bertz CT molecular complexity index is 906. The van der Waals surface area contributed by atoms with Crippen LogP contribution in [0.3, 0.4) is 0 Å². The van der Waals surface area contributed by atoms with Crippen molar-refractivity contribution in [2.24, 2.45) is 0 Å². The van der Waals surface area contributed by atoms with Gasteiger partial charge < -0.3 is 9.47 Å². The molecule has 0 spiro atoms. The van der Waals surface area contributed by atoms with Crippen molar-refractivity contribution >= 4 is 29.5 Å². The van der Waals surface area contributed by atoms with Crippen LogP contribution < -0.4 is 15.2 Å². The largest absolute Gasteiger partial charge is 0.479 e. The molecule has 1 N–H and O–H groups in total. The van der Waals surface area contributed by atoms with Crippen molar-refractivity contribution in [3.8, 4) is 5.75 Å². The second-order valence-corrected chi connectivity index (χ2v) is 6.06. The number of benzene rings is 2. The minimum atomic E-state index is -0.731. The van der Waals surface area contributed by atoms with Gasteiger partial charge in [-0.05, 0) is 49.8 Å². The summed E-state index contributed by atoms with van der Waals surface area (Å²) in [5.74, 6) is -0.851. The fourth-order valence-electron chi connectivity index (χ4n) is 2.64. The minimum absolute atomic E-state index is 0.0393. The van der Waals surface area contributed by atoms with Crippen LogP contribution in [0.2, 0.25) is 0 Å². The Morgan fingerprint density at radius 3 is 2.43 bits per heavy atom. The number of carbonyl (C=O) groups excluding carboxylic acids is 3. The molecule has 0 saturated carbocycles. The maximum Gasteiger partial charge on any atom is 0.347 e. The summed E-state index contributed by atoms with van der Waals surface area (Å²) in [7, 11) is 0. The first-order valence-electron chi connectivity index (χ1n) is 8.85. The summed E-state index contributed by atoms with van der Waals surface area (Å²) in [5.41, 5.74) is 3.83. The second kappa shape index (κ2) is 8.39. The normalized spacial score (nSPS) is 16.1. The third-order valence-electron chi connectivity index (χ3n) is 4.03. The van der Waals surface area contributed by atoms with Crippen molar-refractivity contribution in [3.63, 3.8) is 0 Å². The van der Waals surface area contributed by atoms with Gasteiger partial charge in [0, 0.05) is 0 Å². The predicted molar refractivity (Wildman–Crippen MR) is 103 cm³/mol. The number of nitrogens with zero attached hydrogens (tertiary/aromatic N) is 1. The number of hydrogen-bond acceptors (Lipinski definition) is 5. The van der Waals surface area contributed by atoms with Gasteiger partial charge in [0.05, 0.1) is 12.3 Å². The highest BCUT2D eigenvalue weighted by atomic mass is 16.6. The quantitative estimate of drug-likeness (QED) is 0.473. The first-order valence-corrected chi connectivity index (χ1v) is 8.85. The molecule has 0 aromatic heterocycles. The molecule has 7 nitrogen and oxygen atoms in total. The van der Waals surface area contributed by atoms with Crippen LogP contribution in [0.5, 0.6) is 5.75 Å². The first-order chi connectivity index (χ1) is 13.5. The zero-order valence-corrected chi connectivity index (χ0v) is 15.5. The molecule has 1 heterocycles. The van der Waals surface area contributed by atoms with Gasteiger partial charge >= 0.3 is 5.97 Å². The lowest BCUT2D eigenvalue weighted by atomic mass is 10.1. The number of nitrogens with one attached hydrogen (secondary N) is 1. The number of ether oxygens (including phenoxy) is 2. The van der Waals surface area contributed by atoms with E-state index in [9.17, 15) is 14.4 Å². The number of carbonyl (C=O) groups is 3. The van der Waals surface area contributed by atoms with Crippen molar-refractivity contribution in [2.75, 3.05) is 11.6 Å². The van der Waals surface area contributed by atoms with Crippen LogP contribution in [0.15, 0.2) is 60.2 Å². The van der Waals surface area contributed by atoms with Gasteiger partial charge in [0.1, 0.15) is 11.3 Å². The van der Waals surface area contributed by atoms with E-state index < -0.39 is 23.9 Å². The Balaban J connectivity index is 1.72. The van der Waals surface area contributed by atoms with Crippen LogP contribution >= 0.6 is 0 Å². The second-order valence-electron chi connectivity index (χ2n) is 6.06. The standard InChI is InChI=1S/C21H20N2O5/c1-3-27-21(26)14(2)28-17-11-9-15(10-12-17)13-18-19(24)22-23(20(18)25)16-7-5-4-6-8-16/h4-14H,3H2,1-2H3,(H,22,24).